The van der Waals surface area contributed by atoms with Crippen LogP contribution in [0.15, 0.2) is 42.7 Å². The Morgan fingerprint density at radius 2 is 1.80 bits per heavy atom. The van der Waals surface area contributed by atoms with Gasteiger partial charge in [0.05, 0.1) is 22.9 Å². The third kappa shape index (κ3) is 4.73. The SMILES string of the molecule is CC(C)(CCc1cccc(N(CC(F)F)c2nc3nncn3c3ccc(F)c(F)c23)c1)C(F)(F)F. The summed E-state index contributed by atoms with van der Waals surface area (Å²) in [6.07, 6.45) is -6.30. The molecule has 0 saturated heterocycles. The highest BCUT2D eigenvalue weighted by molar-refractivity contribution is 5.94. The van der Waals surface area contributed by atoms with Gasteiger partial charge in [0.1, 0.15) is 12.1 Å². The maximum atomic E-state index is 15.0. The number of aryl methyl sites for hydroxylation is 1. The predicted octanol–water partition coefficient (Wildman–Crippen LogP) is 6.48. The molecule has 0 radical (unpaired) electrons. The molecule has 0 atom stereocenters. The molecule has 0 aliphatic rings. The minimum atomic E-state index is -4.41. The molecule has 0 amide bonds. The standard InChI is InChI=1S/C23H20F7N5/c1-22(2,23(28,29)30)9-8-13-4-3-5-14(10-13)34(11-17(25)26)20-18-16(7-6-15(24)19(18)27)35-12-31-33-21(35)32-20/h3-7,10,12,17H,8-9,11H2,1-2H3. The second-order valence-electron chi connectivity index (χ2n) is 8.75. The first-order valence-electron chi connectivity index (χ1n) is 10.6. The number of fused-ring (bicyclic) bond motifs is 3. The van der Waals surface area contributed by atoms with Crippen LogP contribution in [0.5, 0.6) is 0 Å². The molecule has 2 aromatic carbocycles. The predicted molar refractivity (Wildman–Crippen MR) is 116 cm³/mol. The Bertz CT molecular complexity index is 1360. The van der Waals surface area contributed by atoms with Crippen LogP contribution in [0.25, 0.3) is 16.7 Å². The number of alkyl halides is 5. The lowest BCUT2D eigenvalue weighted by Crippen LogP contribution is -2.32. The van der Waals surface area contributed by atoms with E-state index in [1.165, 1.54) is 35.0 Å². The van der Waals surface area contributed by atoms with Gasteiger partial charge >= 0.3 is 6.18 Å². The van der Waals surface area contributed by atoms with Crippen molar-refractivity contribution in [1.82, 2.24) is 19.6 Å². The first kappa shape index (κ1) is 24.7. The van der Waals surface area contributed by atoms with E-state index in [9.17, 15) is 30.7 Å². The molecule has 186 valence electrons. The van der Waals surface area contributed by atoms with Crippen molar-refractivity contribution in [3.05, 3.63) is 59.9 Å². The highest BCUT2D eigenvalue weighted by Crippen LogP contribution is 2.41. The highest BCUT2D eigenvalue weighted by Gasteiger charge is 2.46. The van der Waals surface area contributed by atoms with E-state index < -0.39 is 36.2 Å². The molecular weight excluding hydrogens is 479 g/mol. The van der Waals surface area contributed by atoms with Gasteiger partial charge < -0.3 is 4.90 Å². The van der Waals surface area contributed by atoms with Crippen molar-refractivity contribution in [3.8, 4) is 0 Å². The van der Waals surface area contributed by atoms with Gasteiger partial charge in [-0.25, -0.2) is 17.6 Å². The normalized spacial score (nSPS) is 12.7. The van der Waals surface area contributed by atoms with Crippen molar-refractivity contribution in [3.63, 3.8) is 0 Å². The molecule has 2 heterocycles. The van der Waals surface area contributed by atoms with Crippen LogP contribution in [-0.4, -0.2) is 38.7 Å². The van der Waals surface area contributed by atoms with E-state index in [1.54, 1.807) is 6.07 Å². The Labute approximate surface area is 195 Å². The summed E-state index contributed by atoms with van der Waals surface area (Å²) in [4.78, 5) is 5.17. The number of nitrogens with zero attached hydrogens (tertiary/aromatic N) is 5. The number of hydrogen-bond acceptors (Lipinski definition) is 4. The topological polar surface area (TPSA) is 46.3 Å². The molecule has 0 aliphatic carbocycles. The van der Waals surface area contributed by atoms with E-state index in [1.807, 2.05) is 0 Å². The van der Waals surface area contributed by atoms with Crippen LogP contribution in [0.3, 0.4) is 0 Å². The van der Waals surface area contributed by atoms with Gasteiger partial charge in [-0.1, -0.05) is 26.0 Å². The zero-order valence-electron chi connectivity index (χ0n) is 18.6. The molecule has 0 saturated carbocycles. The van der Waals surface area contributed by atoms with Crippen molar-refractivity contribution >= 4 is 28.2 Å². The number of rotatable bonds is 7. The molecule has 0 fully saturated rings. The second-order valence-corrected chi connectivity index (χ2v) is 8.75. The summed E-state index contributed by atoms with van der Waals surface area (Å²) in [7, 11) is 0. The van der Waals surface area contributed by atoms with Crippen LogP contribution in [0.4, 0.5) is 42.2 Å². The average molecular weight is 499 g/mol. The average Bonchev–Trinajstić information content (AvgIpc) is 3.26. The maximum absolute atomic E-state index is 15.0. The van der Waals surface area contributed by atoms with Gasteiger partial charge in [-0.3, -0.25) is 4.40 Å². The number of anilines is 2. The molecule has 12 heteroatoms. The summed E-state index contributed by atoms with van der Waals surface area (Å²) in [6.45, 7) is 1.24. The van der Waals surface area contributed by atoms with Gasteiger partial charge in [0.25, 0.3) is 12.2 Å². The Balaban J connectivity index is 1.83. The highest BCUT2D eigenvalue weighted by atomic mass is 19.4. The molecule has 35 heavy (non-hydrogen) atoms. The Morgan fingerprint density at radius 3 is 2.49 bits per heavy atom. The first-order chi connectivity index (χ1) is 16.4. The summed E-state index contributed by atoms with van der Waals surface area (Å²) >= 11 is 0. The van der Waals surface area contributed by atoms with E-state index in [-0.39, 0.29) is 41.0 Å². The van der Waals surface area contributed by atoms with Crippen LogP contribution in [0, 0.1) is 17.0 Å². The molecule has 0 N–H and O–H groups in total. The molecule has 0 bridgehead atoms. The van der Waals surface area contributed by atoms with Crippen LogP contribution in [-0.2, 0) is 6.42 Å². The minimum Gasteiger partial charge on any atom is -0.320 e. The van der Waals surface area contributed by atoms with Crippen molar-refractivity contribution in [1.29, 1.82) is 0 Å². The number of aromatic nitrogens is 4. The molecule has 4 rings (SSSR count). The third-order valence-electron chi connectivity index (χ3n) is 5.90. The molecule has 2 aromatic heterocycles. The fourth-order valence-electron chi connectivity index (χ4n) is 3.71. The lowest BCUT2D eigenvalue weighted by atomic mass is 9.85. The van der Waals surface area contributed by atoms with E-state index in [0.29, 0.717) is 5.56 Å². The van der Waals surface area contributed by atoms with Crippen LogP contribution < -0.4 is 4.90 Å². The Hall–Kier alpha value is -3.44. The van der Waals surface area contributed by atoms with Crippen molar-refractivity contribution in [2.75, 3.05) is 11.4 Å². The van der Waals surface area contributed by atoms with Crippen LogP contribution >= 0.6 is 0 Å². The van der Waals surface area contributed by atoms with Crippen molar-refractivity contribution in [2.45, 2.75) is 39.3 Å². The fourth-order valence-corrected chi connectivity index (χ4v) is 3.71. The lowest BCUT2D eigenvalue weighted by molar-refractivity contribution is -0.213. The zero-order valence-corrected chi connectivity index (χ0v) is 18.6. The molecule has 0 aliphatic heterocycles. The lowest BCUT2D eigenvalue weighted by Gasteiger charge is -2.28. The van der Waals surface area contributed by atoms with E-state index in [2.05, 4.69) is 15.2 Å². The third-order valence-corrected chi connectivity index (χ3v) is 5.90. The van der Waals surface area contributed by atoms with Gasteiger partial charge in [0, 0.05) is 5.69 Å². The van der Waals surface area contributed by atoms with Crippen molar-refractivity contribution < 1.29 is 30.7 Å². The van der Waals surface area contributed by atoms with Gasteiger partial charge in [-0.2, -0.15) is 18.2 Å². The van der Waals surface area contributed by atoms with E-state index >= 15 is 0 Å². The van der Waals surface area contributed by atoms with E-state index in [4.69, 9.17) is 0 Å². The minimum absolute atomic E-state index is 0.0171. The molecular formula is C23H20F7N5. The zero-order chi connectivity index (χ0) is 25.5. The quantitative estimate of drug-likeness (QED) is 0.273. The summed E-state index contributed by atoms with van der Waals surface area (Å²) in [5.74, 6) is -2.83. The molecule has 0 unspecified atom stereocenters. The molecule has 0 spiro atoms. The fraction of sp³-hybridized carbons (Fsp3) is 0.348. The molecule has 5 nitrogen and oxygen atoms in total. The van der Waals surface area contributed by atoms with Crippen LogP contribution in [0.2, 0.25) is 0 Å². The van der Waals surface area contributed by atoms with Gasteiger partial charge in [0.15, 0.2) is 11.6 Å². The smallest absolute Gasteiger partial charge is 0.320 e. The largest absolute Gasteiger partial charge is 0.393 e. The van der Waals surface area contributed by atoms with Crippen molar-refractivity contribution in [2.24, 2.45) is 5.41 Å². The summed E-state index contributed by atoms with van der Waals surface area (Å²) < 4.78 is 97.4. The number of halogens is 7. The van der Waals surface area contributed by atoms with Gasteiger partial charge in [-0.15, -0.1) is 10.2 Å². The maximum Gasteiger partial charge on any atom is 0.393 e. The van der Waals surface area contributed by atoms with E-state index in [0.717, 1.165) is 24.8 Å². The van der Waals surface area contributed by atoms with Crippen LogP contribution in [0.1, 0.15) is 25.8 Å². The molecule has 4 aromatic rings. The summed E-state index contributed by atoms with van der Waals surface area (Å²) in [5.41, 5.74) is -1.26. The summed E-state index contributed by atoms with van der Waals surface area (Å²) in [5, 5.41) is 7.13. The Kier molecular flexibility index (Phi) is 6.32. The first-order valence-corrected chi connectivity index (χ1v) is 10.6. The number of hydrogen-bond donors (Lipinski definition) is 0. The summed E-state index contributed by atoms with van der Waals surface area (Å²) in [6, 6.07) is 8.10. The Morgan fingerprint density at radius 1 is 1.06 bits per heavy atom. The second kappa shape index (κ2) is 8.97. The van der Waals surface area contributed by atoms with Gasteiger partial charge in [-0.05, 0) is 42.7 Å². The van der Waals surface area contributed by atoms with Gasteiger partial charge in [0.2, 0.25) is 0 Å². The number of benzene rings is 2. The monoisotopic (exact) mass is 499 g/mol.